The first-order valence-corrected chi connectivity index (χ1v) is 6.08. The molecule has 0 bridgehead atoms. The summed E-state index contributed by atoms with van der Waals surface area (Å²) < 4.78 is 3.61. The van der Waals surface area contributed by atoms with Gasteiger partial charge >= 0.3 is 0 Å². The van der Waals surface area contributed by atoms with Crippen molar-refractivity contribution in [3.63, 3.8) is 0 Å². The Kier molecular flexibility index (Phi) is 3.86. The second-order valence-corrected chi connectivity index (χ2v) is 4.45. The summed E-state index contributed by atoms with van der Waals surface area (Å²) in [4.78, 5) is 0. The van der Waals surface area contributed by atoms with Crippen molar-refractivity contribution >= 4 is 6.08 Å². The van der Waals surface area contributed by atoms with E-state index in [9.17, 15) is 0 Å². The minimum absolute atomic E-state index is 0.336. The standard InChI is InChI=1S/C12H18N6/c1-4-11-9-18(16-13-11)10(2)6-5-7-12-8-17(3)15-14-12/h4,8-10H,1,5-7H2,2-3H3/t10-/m0/s1. The lowest BCUT2D eigenvalue weighted by Gasteiger charge is -2.09. The van der Waals surface area contributed by atoms with Crippen LogP contribution in [-0.4, -0.2) is 30.0 Å². The molecule has 0 saturated carbocycles. The zero-order valence-electron chi connectivity index (χ0n) is 10.8. The Balaban J connectivity index is 1.81. The van der Waals surface area contributed by atoms with E-state index in [4.69, 9.17) is 0 Å². The van der Waals surface area contributed by atoms with Crippen LogP contribution in [0.2, 0.25) is 0 Å². The third-order valence-corrected chi connectivity index (χ3v) is 2.89. The van der Waals surface area contributed by atoms with Gasteiger partial charge in [-0.25, -0.2) is 4.68 Å². The van der Waals surface area contributed by atoms with Gasteiger partial charge in [0.2, 0.25) is 0 Å². The van der Waals surface area contributed by atoms with E-state index in [0.717, 1.165) is 30.7 Å². The van der Waals surface area contributed by atoms with Gasteiger partial charge in [-0.15, -0.1) is 10.2 Å². The van der Waals surface area contributed by atoms with Crippen molar-refractivity contribution in [1.29, 1.82) is 0 Å². The smallest absolute Gasteiger partial charge is 0.105 e. The van der Waals surface area contributed by atoms with E-state index >= 15 is 0 Å². The van der Waals surface area contributed by atoms with E-state index in [0.29, 0.717) is 6.04 Å². The molecule has 0 unspecified atom stereocenters. The van der Waals surface area contributed by atoms with Crippen LogP contribution in [0.25, 0.3) is 6.08 Å². The van der Waals surface area contributed by atoms with E-state index in [1.54, 1.807) is 10.8 Å². The zero-order valence-corrected chi connectivity index (χ0v) is 10.8. The Morgan fingerprint density at radius 1 is 1.33 bits per heavy atom. The Morgan fingerprint density at radius 3 is 2.78 bits per heavy atom. The molecule has 0 fully saturated rings. The Bertz CT molecular complexity index is 512. The fourth-order valence-electron chi connectivity index (χ4n) is 1.82. The molecular weight excluding hydrogens is 228 g/mol. The fraction of sp³-hybridized carbons (Fsp3) is 0.500. The predicted octanol–water partition coefficient (Wildman–Crippen LogP) is 1.63. The molecule has 96 valence electrons. The van der Waals surface area contributed by atoms with Crippen LogP contribution in [0, 0.1) is 0 Å². The average molecular weight is 246 g/mol. The van der Waals surface area contributed by atoms with Crippen LogP contribution in [0.1, 0.15) is 37.2 Å². The van der Waals surface area contributed by atoms with Crippen molar-refractivity contribution in [2.45, 2.75) is 32.2 Å². The van der Waals surface area contributed by atoms with Gasteiger partial charge < -0.3 is 0 Å². The summed E-state index contributed by atoms with van der Waals surface area (Å²) in [5.74, 6) is 0. The van der Waals surface area contributed by atoms with E-state index in [-0.39, 0.29) is 0 Å². The first kappa shape index (κ1) is 12.5. The van der Waals surface area contributed by atoms with E-state index in [1.807, 2.05) is 24.1 Å². The molecular formula is C12H18N6. The quantitative estimate of drug-likeness (QED) is 0.777. The molecule has 18 heavy (non-hydrogen) atoms. The van der Waals surface area contributed by atoms with Crippen molar-refractivity contribution in [2.75, 3.05) is 0 Å². The maximum absolute atomic E-state index is 4.08. The van der Waals surface area contributed by atoms with Crippen LogP contribution in [-0.2, 0) is 13.5 Å². The van der Waals surface area contributed by atoms with Gasteiger partial charge in [0.1, 0.15) is 5.69 Å². The zero-order chi connectivity index (χ0) is 13.0. The molecule has 0 amide bonds. The minimum atomic E-state index is 0.336. The molecule has 0 aliphatic heterocycles. The summed E-state index contributed by atoms with van der Waals surface area (Å²) in [5, 5.41) is 16.1. The largest absolute Gasteiger partial charge is 0.255 e. The number of hydrogen-bond donors (Lipinski definition) is 0. The lowest BCUT2D eigenvalue weighted by molar-refractivity contribution is 0.435. The molecule has 2 aromatic rings. The maximum Gasteiger partial charge on any atom is 0.105 e. The van der Waals surface area contributed by atoms with Gasteiger partial charge in [-0.05, 0) is 32.3 Å². The minimum Gasteiger partial charge on any atom is -0.255 e. The SMILES string of the molecule is C=Cc1cn([C@@H](C)CCCc2cn(C)nn2)nn1. The molecule has 0 radical (unpaired) electrons. The number of aromatic nitrogens is 6. The van der Waals surface area contributed by atoms with Crippen molar-refractivity contribution in [2.24, 2.45) is 7.05 Å². The summed E-state index contributed by atoms with van der Waals surface area (Å²) in [6.07, 6.45) is 8.62. The highest BCUT2D eigenvalue weighted by Crippen LogP contribution is 2.14. The number of hydrogen-bond acceptors (Lipinski definition) is 4. The molecule has 0 spiro atoms. The second-order valence-electron chi connectivity index (χ2n) is 4.45. The first-order chi connectivity index (χ1) is 8.69. The maximum atomic E-state index is 4.08. The first-order valence-electron chi connectivity index (χ1n) is 6.08. The van der Waals surface area contributed by atoms with Crippen LogP contribution in [0.4, 0.5) is 0 Å². The Morgan fingerprint density at radius 2 is 2.17 bits per heavy atom. The fourth-order valence-corrected chi connectivity index (χ4v) is 1.82. The van der Waals surface area contributed by atoms with Crippen molar-refractivity contribution in [3.8, 4) is 0 Å². The lowest BCUT2D eigenvalue weighted by Crippen LogP contribution is -2.06. The molecule has 6 heteroatoms. The lowest BCUT2D eigenvalue weighted by atomic mass is 10.1. The van der Waals surface area contributed by atoms with Crippen LogP contribution < -0.4 is 0 Å². The van der Waals surface area contributed by atoms with Gasteiger partial charge in [-0.1, -0.05) is 17.0 Å². The molecule has 1 atom stereocenters. The second kappa shape index (κ2) is 5.57. The van der Waals surface area contributed by atoms with Crippen LogP contribution in [0.15, 0.2) is 19.0 Å². The molecule has 6 nitrogen and oxygen atoms in total. The van der Waals surface area contributed by atoms with Crippen molar-refractivity contribution in [1.82, 2.24) is 30.0 Å². The third kappa shape index (κ3) is 3.03. The molecule has 0 aromatic carbocycles. The third-order valence-electron chi connectivity index (χ3n) is 2.89. The van der Waals surface area contributed by atoms with Gasteiger partial charge in [-0.2, -0.15) is 0 Å². The summed E-state index contributed by atoms with van der Waals surface area (Å²) in [6.45, 7) is 5.81. The predicted molar refractivity (Wildman–Crippen MR) is 68.8 cm³/mol. The summed E-state index contributed by atoms with van der Waals surface area (Å²) in [7, 11) is 1.88. The van der Waals surface area contributed by atoms with Crippen LogP contribution in [0.5, 0.6) is 0 Å². The Labute approximate surface area is 106 Å². The topological polar surface area (TPSA) is 61.4 Å². The van der Waals surface area contributed by atoms with Crippen molar-refractivity contribution in [3.05, 3.63) is 30.4 Å². The van der Waals surface area contributed by atoms with Gasteiger partial charge in [0.05, 0.1) is 17.9 Å². The molecule has 2 rings (SSSR count). The van der Waals surface area contributed by atoms with E-state index in [1.165, 1.54) is 0 Å². The molecule has 2 heterocycles. The molecule has 2 aromatic heterocycles. The molecule has 0 aliphatic carbocycles. The van der Waals surface area contributed by atoms with Gasteiger partial charge in [0.15, 0.2) is 0 Å². The normalized spacial score (nSPS) is 12.6. The molecule has 0 saturated heterocycles. The summed E-state index contributed by atoms with van der Waals surface area (Å²) >= 11 is 0. The number of rotatable bonds is 6. The highest BCUT2D eigenvalue weighted by Gasteiger charge is 2.07. The monoisotopic (exact) mass is 246 g/mol. The highest BCUT2D eigenvalue weighted by molar-refractivity contribution is 5.38. The van der Waals surface area contributed by atoms with E-state index in [2.05, 4.69) is 34.1 Å². The number of nitrogens with zero attached hydrogens (tertiary/aromatic N) is 6. The molecule has 0 N–H and O–H groups in total. The van der Waals surface area contributed by atoms with Gasteiger partial charge in [0.25, 0.3) is 0 Å². The summed E-state index contributed by atoms with van der Waals surface area (Å²) in [6, 6.07) is 0.336. The van der Waals surface area contributed by atoms with Crippen LogP contribution >= 0.6 is 0 Å². The van der Waals surface area contributed by atoms with Gasteiger partial charge in [-0.3, -0.25) is 4.68 Å². The van der Waals surface area contributed by atoms with Crippen LogP contribution in [0.3, 0.4) is 0 Å². The molecule has 0 aliphatic rings. The summed E-state index contributed by atoms with van der Waals surface area (Å²) in [5.41, 5.74) is 1.85. The average Bonchev–Trinajstić information content (AvgIpc) is 2.98. The Hall–Kier alpha value is -1.98. The number of aryl methyl sites for hydroxylation is 2. The van der Waals surface area contributed by atoms with E-state index < -0.39 is 0 Å². The highest BCUT2D eigenvalue weighted by atomic mass is 15.4. The van der Waals surface area contributed by atoms with Crippen molar-refractivity contribution < 1.29 is 0 Å². The van der Waals surface area contributed by atoms with Gasteiger partial charge in [0, 0.05) is 13.2 Å².